The van der Waals surface area contributed by atoms with Crippen molar-refractivity contribution in [1.82, 2.24) is 0 Å². The first-order valence-corrected chi connectivity index (χ1v) is 7.97. The monoisotopic (exact) mass is 308 g/mol. The summed E-state index contributed by atoms with van der Waals surface area (Å²) >= 11 is 0. The first-order chi connectivity index (χ1) is 10.3. The summed E-state index contributed by atoms with van der Waals surface area (Å²) in [5.74, 6) is -2.99. The second kappa shape index (κ2) is 8.21. The quantitative estimate of drug-likeness (QED) is 0.402. The Labute approximate surface area is 132 Å². The molecule has 0 spiro atoms. The Morgan fingerprint density at radius 1 is 1.14 bits per heavy atom. The van der Waals surface area contributed by atoms with E-state index in [1.165, 1.54) is 44.4 Å². The Balaban J connectivity index is 3.03. The molecule has 3 heteroatoms. The number of carbonyl (C=O) groups excluding carboxylic acids is 1. The summed E-state index contributed by atoms with van der Waals surface area (Å²) in [5.41, 5.74) is 1.98. The fraction of sp³-hybridized carbons (Fsp3) is 0.526. The zero-order valence-corrected chi connectivity index (χ0v) is 14.0. The zero-order chi connectivity index (χ0) is 16.8. The highest BCUT2D eigenvalue weighted by Gasteiger charge is 2.25. The van der Waals surface area contributed by atoms with Crippen molar-refractivity contribution >= 4 is 11.4 Å². The minimum atomic E-state index is -2.90. The van der Waals surface area contributed by atoms with Crippen LogP contribution in [0.25, 0.3) is 5.57 Å². The van der Waals surface area contributed by atoms with Gasteiger partial charge in [-0.15, -0.1) is 0 Å². The predicted molar refractivity (Wildman–Crippen MR) is 88.4 cm³/mol. The Bertz CT molecular complexity index is 539. The lowest BCUT2D eigenvalue weighted by Gasteiger charge is -2.15. The van der Waals surface area contributed by atoms with Crippen molar-refractivity contribution in [2.45, 2.75) is 65.7 Å². The van der Waals surface area contributed by atoms with E-state index < -0.39 is 5.92 Å². The van der Waals surface area contributed by atoms with Gasteiger partial charge in [-0.1, -0.05) is 44.4 Å². The zero-order valence-electron chi connectivity index (χ0n) is 14.0. The van der Waals surface area contributed by atoms with Gasteiger partial charge in [0.15, 0.2) is 5.78 Å². The maximum Gasteiger partial charge on any atom is 0.270 e. The number of hydrogen-bond acceptors (Lipinski definition) is 1. The van der Waals surface area contributed by atoms with E-state index in [2.05, 4.69) is 13.0 Å². The van der Waals surface area contributed by atoms with Crippen molar-refractivity contribution in [2.24, 2.45) is 0 Å². The van der Waals surface area contributed by atoms with Crippen LogP contribution in [-0.2, 0) is 5.92 Å². The van der Waals surface area contributed by atoms with Gasteiger partial charge in [-0.25, -0.2) is 8.78 Å². The molecule has 0 aromatic heterocycles. The fourth-order valence-electron chi connectivity index (χ4n) is 2.45. The molecule has 0 fully saturated rings. The second-order valence-corrected chi connectivity index (χ2v) is 5.94. The molecule has 0 heterocycles. The highest BCUT2D eigenvalue weighted by Crippen LogP contribution is 2.31. The first kappa shape index (κ1) is 18.5. The maximum atomic E-state index is 13.5. The van der Waals surface area contributed by atoms with Gasteiger partial charge in [0.1, 0.15) is 0 Å². The molecule has 22 heavy (non-hydrogen) atoms. The molecule has 1 nitrogen and oxygen atoms in total. The lowest BCUT2D eigenvalue weighted by Crippen LogP contribution is -2.09. The SMILES string of the molecule is CCCCCC/C=C(/C)c1cc(C(C)(F)F)ccc1C(C)=O. The third kappa shape index (κ3) is 5.36. The summed E-state index contributed by atoms with van der Waals surface area (Å²) in [4.78, 5) is 11.7. The number of rotatable bonds is 8. The Morgan fingerprint density at radius 2 is 1.82 bits per heavy atom. The number of unbranched alkanes of at least 4 members (excludes halogenated alkanes) is 4. The molecular weight excluding hydrogens is 282 g/mol. The summed E-state index contributed by atoms with van der Waals surface area (Å²) in [7, 11) is 0. The molecule has 0 aliphatic carbocycles. The number of ketones is 1. The van der Waals surface area contributed by atoms with Crippen molar-refractivity contribution in [3.05, 3.63) is 41.0 Å². The van der Waals surface area contributed by atoms with Crippen molar-refractivity contribution in [1.29, 1.82) is 0 Å². The minimum absolute atomic E-state index is 0.0498. The van der Waals surface area contributed by atoms with Crippen LogP contribution >= 0.6 is 0 Å². The van der Waals surface area contributed by atoms with E-state index in [-0.39, 0.29) is 11.3 Å². The molecule has 0 atom stereocenters. The van der Waals surface area contributed by atoms with Crippen LogP contribution in [0.5, 0.6) is 0 Å². The second-order valence-electron chi connectivity index (χ2n) is 5.94. The molecule has 0 unspecified atom stereocenters. The van der Waals surface area contributed by atoms with E-state index in [9.17, 15) is 13.6 Å². The molecule has 0 bridgehead atoms. The predicted octanol–water partition coefficient (Wildman–Crippen LogP) is 6.37. The van der Waals surface area contributed by atoms with Crippen LogP contribution < -0.4 is 0 Å². The molecule has 0 radical (unpaired) electrons. The average molecular weight is 308 g/mol. The molecule has 1 aromatic rings. The summed E-state index contributed by atoms with van der Waals surface area (Å²) in [5, 5.41) is 0. The number of hydrogen-bond donors (Lipinski definition) is 0. The molecule has 1 rings (SSSR count). The van der Waals surface area contributed by atoms with Crippen LogP contribution in [-0.4, -0.2) is 5.78 Å². The van der Waals surface area contributed by atoms with Crippen molar-refractivity contribution in [3.8, 4) is 0 Å². The molecule has 122 valence electrons. The molecule has 0 aliphatic rings. The summed E-state index contributed by atoms with van der Waals surface area (Å²) in [6, 6.07) is 4.31. The topological polar surface area (TPSA) is 17.1 Å². The standard InChI is InChI=1S/C19H26F2O/c1-5-6-7-8-9-10-14(2)18-13-16(19(4,20)21)11-12-17(18)15(3)22/h10-13H,5-9H2,1-4H3/b14-10-. The van der Waals surface area contributed by atoms with E-state index in [0.29, 0.717) is 11.1 Å². The van der Waals surface area contributed by atoms with Gasteiger partial charge in [-0.05, 0) is 43.9 Å². The van der Waals surface area contributed by atoms with Gasteiger partial charge in [0.25, 0.3) is 5.92 Å². The minimum Gasteiger partial charge on any atom is -0.294 e. The molecule has 0 aliphatic heterocycles. The number of alkyl halides is 2. The normalized spacial score (nSPS) is 12.5. The number of Topliss-reactive ketones (excluding diaryl/α,β-unsaturated/α-hetero) is 1. The lowest BCUT2D eigenvalue weighted by molar-refractivity contribution is 0.0174. The number of allylic oxidation sites excluding steroid dienone is 2. The highest BCUT2D eigenvalue weighted by molar-refractivity contribution is 5.99. The van der Waals surface area contributed by atoms with Gasteiger partial charge in [0.05, 0.1) is 0 Å². The molecule has 0 saturated carbocycles. The van der Waals surface area contributed by atoms with Crippen molar-refractivity contribution in [2.75, 3.05) is 0 Å². The summed E-state index contributed by atoms with van der Waals surface area (Å²) in [6.45, 7) is 6.40. The fourth-order valence-corrected chi connectivity index (χ4v) is 2.45. The van der Waals surface area contributed by atoms with Crippen molar-refractivity contribution in [3.63, 3.8) is 0 Å². The molecule has 1 aromatic carbocycles. The maximum absolute atomic E-state index is 13.5. The van der Waals surface area contributed by atoms with Crippen LogP contribution in [0.3, 0.4) is 0 Å². The summed E-state index contributed by atoms with van der Waals surface area (Å²) < 4.78 is 27.0. The first-order valence-electron chi connectivity index (χ1n) is 7.97. The molecule has 0 N–H and O–H groups in total. The Morgan fingerprint density at radius 3 is 2.36 bits per heavy atom. The van der Waals surface area contributed by atoms with Gasteiger partial charge < -0.3 is 0 Å². The highest BCUT2D eigenvalue weighted by atomic mass is 19.3. The van der Waals surface area contributed by atoms with Crippen LogP contribution in [0.4, 0.5) is 8.78 Å². The van der Waals surface area contributed by atoms with E-state index in [1.54, 1.807) is 0 Å². The molecule has 0 amide bonds. The van der Waals surface area contributed by atoms with E-state index >= 15 is 0 Å². The van der Waals surface area contributed by atoms with Gasteiger partial charge in [-0.3, -0.25) is 4.79 Å². The number of halogens is 2. The van der Waals surface area contributed by atoms with E-state index in [0.717, 1.165) is 25.3 Å². The van der Waals surface area contributed by atoms with Gasteiger partial charge in [0.2, 0.25) is 0 Å². The Kier molecular flexibility index (Phi) is 6.92. The van der Waals surface area contributed by atoms with Crippen LogP contribution in [0.15, 0.2) is 24.3 Å². The van der Waals surface area contributed by atoms with Crippen molar-refractivity contribution < 1.29 is 13.6 Å². The third-order valence-electron chi connectivity index (χ3n) is 3.84. The van der Waals surface area contributed by atoms with Crippen LogP contribution in [0, 0.1) is 0 Å². The van der Waals surface area contributed by atoms with E-state index in [4.69, 9.17) is 0 Å². The number of carbonyl (C=O) groups is 1. The largest absolute Gasteiger partial charge is 0.294 e. The summed E-state index contributed by atoms with van der Waals surface area (Å²) in [6.07, 6.45) is 7.62. The van der Waals surface area contributed by atoms with E-state index in [1.807, 2.05) is 6.92 Å². The lowest BCUT2D eigenvalue weighted by atomic mass is 9.93. The van der Waals surface area contributed by atoms with Crippen LogP contribution in [0.1, 0.15) is 81.3 Å². The van der Waals surface area contributed by atoms with Gasteiger partial charge in [-0.2, -0.15) is 0 Å². The molecule has 0 saturated heterocycles. The average Bonchev–Trinajstić information content (AvgIpc) is 2.45. The molecular formula is C19H26F2O. The smallest absolute Gasteiger partial charge is 0.270 e. The van der Waals surface area contributed by atoms with Gasteiger partial charge >= 0.3 is 0 Å². The Hall–Kier alpha value is -1.51. The van der Waals surface area contributed by atoms with Crippen LogP contribution in [0.2, 0.25) is 0 Å². The third-order valence-corrected chi connectivity index (χ3v) is 3.84. The number of benzene rings is 1. The van der Waals surface area contributed by atoms with Gasteiger partial charge in [0, 0.05) is 18.1 Å².